The van der Waals surface area contributed by atoms with Gasteiger partial charge in [0.25, 0.3) is 11.8 Å². The van der Waals surface area contributed by atoms with Crippen LogP contribution in [0.5, 0.6) is 0 Å². The van der Waals surface area contributed by atoms with E-state index in [4.69, 9.17) is 23.2 Å². The van der Waals surface area contributed by atoms with Gasteiger partial charge >= 0.3 is 0 Å². The molecule has 0 atom stereocenters. The summed E-state index contributed by atoms with van der Waals surface area (Å²) in [5.41, 5.74) is 0.994. The molecule has 0 saturated carbocycles. The summed E-state index contributed by atoms with van der Waals surface area (Å²) in [5, 5.41) is 4.67. The highest BCUT2D eigenvalue weighted by Crippen LogP contribution is 2.21. The Morgan fingerprint density at radius 3 is 1.28 bits per heavy atom. The van der Waals surface area contributed by atoms with Gasteiger partial charge in [-0.05, 0) is 35.4 Å². The van der Waals surface area contributed by atoms with Crippen LogP contribution in [-0.4, -0.2) is 11.8 Å². The quantitative estimate of drug-likeness (QED) is 0.363. The first-order valence-electron chi connectivity index (χ1n) is 9.09. The van der Waals surface area contributed by atoms with Gasteiger partial charge in [-0.2, -0.15) is 0 Å². The highest BCUT2D eigenvalue weighted by atomic mass is 35.5. The lowest BCUT2D eigenvalue weighted by Gasteiger charge is -2.10. The molecule has 166 valence electrons. The maximum absolute atomic E-state index is 13.3. The van der Waals surface area contributed by atoms with E-state index in [0.717, 1.165) is 24.3 Å². The SMILES string of the molecule is O=C(NCc1ccc(CNC(=O)c2cc(F)c(F)cc2Cl)cc1)c1cc(F)c(F)cc1Cl. The molecule has 0 bridgehead atoms. The third kappa shape index (κ3) is 5.57. The summed E-state index contributed by atoms with van der Waals surface area (Å²) >= 11 is 11.6. The van der Waals surface area contributed by atoms with Gasteiger partial charge in [0.15, 0.2) is 23.3 Å². The van der Waals surface area contributed by atoms with Crippen LogP contribution in [0.15, 0.2) is 48.5 Å². The summed E-state index contributed by atoms with van der Waals surface area (Å²) < 4.78 is 52.9. The fourth-order valence-corrected chi connectivity index (χ4v) is 3.20. The third-order valence-corrected chi connectivity index (χ3v) is 5.06. The number of benzene rings is 3. The Morgan fingerprint density at radius 2 is 0.938 bits per heavy atom. The largest absolute Gasteiger partial charge is 0.348 e. The van der Waals surface area contributed by atoms with E-state index < -0.39 is 35.1 Å². The molecule has 3 rings (SSSR count). The molecule has 0 unspecified atom stereocenters. The molecular formula is C22H14Cl2F4N2O2. The maximum Gasteiger partial charge on any atom is 0.253 e. The third-order valence-electron chi connectivity index (χ3n) is 4.44. The van der Waals surface area contributed by atoms with Crippen LogP contribution in [0.3, 0.4) is 0 Å². The molecule has 3 aromatic rings. The molecular weight excluding hydrogens is 471 g/mol. The van der Waals surface area contributed by atoms with Gasteiger partial charge in [0.1, 0.15) is 0 Å². The van der Waals surface area contributed by atoms with Gasteiger partial charge in [-0.25, -0.2) is 17.6 Å². The number of hydrogen-bond donors (Lipinski definition) is 2. The first kappa shape index (κ1) is 23.6. The van der Waals surface area contributed by atoms with Gasteiger partial charge < -0.3 is 10.6 Å². The van der Waals surface area contributed by atoms with E-state index in [1.807, 2.05) is 0 Å². The molecule has 2 amide bonds. The van der Waals surface area contributed by atoms with Crippen LogP contribution in [0.1, 0.15) is 31.8 Å². The summed E-state index contributed by atoms with van der Waals surface area (Å²) in [5.74, 6) is -6.02. The van der Waals surface area contributed by atoms with Crippen molar-refractivity contribution in [2.24, 2.45) is 0 Å². The van der Waals surface area contributed by atoms with Gasteiger partial charge in [-0.1, -0.05) is 47.5 Å². The van der Waals surface area contributed by atoms with Crippen LogP contribution in [0, 0.1) is 23.3 Å². The number of rotatable bonds is 6. The first-order chi connectivity index (χ1) is 15.2. The fraction of sp³-hybridized carbons (Fsp3) is 0.0909. The number of carbonyl (C=O) groups is 2. The number of carbonyl (C=O) groups excluding carboxylic acids is 2. The molecule has 0 heterocycles. The minimum Gasteiger partial charge on any atom is -0.348 e. The van der Waals surface area contributed by atoms with Gasteiger partial charge in [0.05, 0.1) is 21.2 Å². The van der Waals surface area contributed by atoms with Crippen molar-refractivity contribution in [3.05, 3.63) is 104 Å². The standard InChI is InChI=1S/C22H14Cl2F4N2O2/c23-15-7-19(27)17(25)5-13(15)21(31)29-9-11-1-2-12(4-3-11)10-30-22(32)14-6-18(26)20(28)8-16(14)24/h1-8H,9-10H2,(H,29,31)(H,30,32). The van der Waals surface area contributed by atoms with E-state index in [0.29, 0.717) is 11.1 Å². The zero-order valence-electron chi connectivity index (χ0n) is 16.1. The van der Waals surface area contributed by atoms with E-state index in [-0.39, 0.29) is 34.3 Å². The zero-order chi connectivity index (χ0) is 23.4. The molecule has 3 aromatic carbocycles. The molecule has 0 saturated heterocycles. The van der Waals surface area contributed by atoms with Crippen LogP contribution in [0.25, 0.3) is 0 Å². The molecule has 0 fully saturated rings. The fourth-order valence-electron chi connectivity index (χ4n) is 2.72. The predicted octanol–water partition coefficient (Wildman–Crippen LogP) is 5.41. The molecule has 32 heavy (non-hydrogen) atoms. The maximum atomic E-state index is 13.3. The minimum atomic E-state index is -1.18. The molecule has 2 N–H and O–H groups in total. The van der Waals surface area contributed by atoms with Crippen molar-refractivity contribution in [1.82, 2.24) is 10.6 Å². The van der Waals surface area contributed by atoms with Crippen molar-refractivity contribution in [2.45, 2.75) is 13.1 Å². The van der Waals surface area contributed by atoms with E-state index in [9.17, 15) is 27.2 Å². The topological polar surface area (TPSA) is 58.2 Å². The van der Waals surface area contributed by atoms with Gasteiger partial charge in [-0.15, -0.1) is 0 Å². The average molecular weight is 485 g/mol. The highest BCUT2D eigenvalue weighted by molar-refractivity contribution is 6.34. The smallest absolute Gasteiger partial charge is 0.253 e. The van der Waals surface area contributed by atoms with Gasteiger partial charge in [0, 0.05) is 13.1 Å². The van der Waals surface area contributed by atoms with Crippen molar-refractivity contribution >= 4 is 35.0 Å². The number of hydrogen-bond acceptors (Lipinski definition) is 2. The Kier molecular flexibility index (Phi) is 7.37. The Hall–Kier alpha value is -3.10. The average Bonchev–Trinajstić information content (AvgIpc) is 2.76. The van der Waals surface area contributed by atoms with Crippen LogP contribution in [0.4, 0.5) is 17.6 Å². The van der Waals surface area contributed by atoms with Crippen LogP contribution in [0.2, 0.25) is 10.0 Å². The second-order valence-corrected chi connectivity index (χ2v) is 7.49. The lowest BCUT2D eigenvalue weighted by Crippen LogP contribution is -2.24. The van der Waals surface area contributed by atoms with Crippen LogP contribution >= 0.6 is 23.2 Å². The second kappa shape index (κ2) is 10.0. The lowest BCUT2D eigenvalue weighted by atomic mass is 10.1. The minimum absolute atomic E-state index is 0.0886. The number of amides is 2. The molecule has 0 aromatic heterocycles. The first-order valence-corrected chi connectivity index (χ1v) is 9.84. The predicted molar refractivity (Wildman–Crippen MR) is 112 cm³/mol. The zero-order valence-corrected chi connectivity index (χ0v) is 17.6. The summed E-state index contributed by atoms with van der Waals surface area (Å²) in [6, 6.07) is 9.61. The normalized spacial score (nSPS) is 10.7. The lowest BCUT2D eigenvalue weighted by molar-refractivity contribution is 0.0942. The van der Waals surface area contributed by atoms with E-state index in [1.165, 1.54) is 0 Å². The summed E-state index contributed by atoms with van der Waals surface area (Å²) in [4.78, 5) is 24.3. The van der Waals surface area contributed by atoms with Gasteiger partial charge in [-0.3, -0.25) is 9.59 Å². The molecule has 4 nitrogen and oxygen atoms in total. The second-order valence-electron chi connectivity index (χ2n) is 6.67. The Labute approximate surface area is 190 Å². The molecule has 0 radical (unpaired) electrons. The molecule has 0 aliphatic rings. The monoisotopic (exact) mass is 484 g/mol. The van der Waals surface area contributed by atoms with Gasteiger partial charge in [0.2, 0.25) is 0 Å². The van der Waals surface area contributed by atoms with Crippen molar-refractivity contribution in [3.8, 4) is 0 Å². The van der Waals surface area contributed by atoms with Crippen LogP contribution < -0.4 is 10.6 Å². The van der Waals surface area contributed by atoms with Crippen molar-refractivity contribution in [1.29, 1.82) is 0 Å². The van der Waals surface area contributed by atoms with E-state index in [2.05, 4.69) is 10.6 Å². The van der Waals surface area contributed by atoms with Crippen molar-refractivity contribution in [2.75, 3.05) is 0 Å². The molecule has 0 spiro atoms. The molecule has 0 aliphatic carbocycles. The molecule has 0 aliphatic heterocycles. The summed E-state index contributed by atoms with van der Waals surface area (Å²) in [7, 11) is 0. The van der Waals surface area contributed by atoms with Crippen molar-refractivity contribution < 1.29 is 27.2 Å². The summed E-state index contributed by atoms with van der Waals surface area (Å²) in [6.45, 7) is 0.177. The van der Waals surface area contributed by atoms with Crippen molar-refractivity contribution in [3.63, 3.8) is 0 Å². The highest BCUT2D eigenvalue weighted by Gasteiger charge is 2.16. The Balaban J connectivity index is 1.56. The van der Waals surface area contributed by atoms with Crippen LogP contribution in [-0.2, 0) is 13.1 Å². The van der Waals surface area contributed by atoms with E-state index in [1.54, 1.807) is 24.3 Å². The Morgan fingerprint density at radius 1 is 0.625 bits per heavy atom. The summed E-state index contributed by atoms with van der Waals surface area (Å²) in [6.07, 6.45) is 0. The Bertz CT molecular complexity index is 1100. The number of nitrogens with one attached hydrogen (secondary N) is 2. The number of halogens is 6. The molecule has 10 heteroatoms. The van der Waals surface area contributed by atoms with E-state index >= 15 is 0 Å².